The van der Waals surface area contributed by atoms with E-state index >= 15 is 0 Å². The van der Waals surface area contributed by atoms with Crippen molar-refractivity contribution in [3.05, 3.63) is 47.0 Å². The predicted molar refractivity (Wildman–Crippen MR) is 83.4 cm³/mol. The first kappa shape index (κ1) is 15.0. The van der Waals surface area contributed by atoms with Gasteiger partial charge in [-0.2, -0.15) is 0 Å². The molecule has 0 aliphatic rings. The third-order valence-electron chi connectivity index (χ3n) is 2.89. The summed E-state index contributed by atoms with van der Waals surface area (Å²) in [4.78, 5) is 12.3. The number of nitrogen functional groups attached to an aromatic ring is 1. The zero-order valence-electron chi connectivity index (χ0n) is 11.6. The smallest absolute Gasteiger partial charge is 0.259 e. The van der Waals surface area contributed by atoms with Crippen molar-refractivity contribution in [1.82, 2.24) is 0 Å². The molecule has 5 nitrogen and oxygen atoms in total. The summed E-state index contributed by atoms with van der Waals surface area (Å²) in [5.74, 6) is 0.489. The van der Waals surface area contributed by atoms with Crippen LogP contribution < -0.4 is 20.5 Å². The number of rotatable bonds is 4. The number of carbonyl (C=O) groups excluding carboxylic acids is 1. The molecule has 0 saturated heterocycles. The zero-order valence-corrected chi connectivity index (χ0v) is 12.4. The second kappa shape index (κ2) is 6.37. The van der Waals surface area contributed by atoms with Gasteiger partial charge in [-0.05, 0) is 30.3 Å². The Labute approximate surface area is 127 Å². The van der Waals surface area contributed by atoms with Crippen molar-refractivity contribution in [2.24, 2.45) is 0 Å². The van der Waals surface area contributed by atoms with Gasteiger partial charge in [0.15, 0.2) is 0 Å². The van der Waals surface area contributed by atoms with E-state index in [-0.39, 0.29) is 5.91 Å². The van der Waals surface area contributed by atoms with Crippen LogP contribution in [0.2, 0.25) is 5.02 Å². The molecule has 2 aromatic carbocycles. The fourth-order valence-electron chi connectivity index (χ4n) is 1.80. The summed E-state index contributed by atoms with van der Waals surface area (Å²) in [6.45, 7) is 0. The molecule has 3 N–H and O–H groups in total. The minimum absolute atomic E-state index is 0.320. The molecule has 0 unspecified atom stereocenters. The lowest BCUT2D eigenvalue weighted by atomic mass is 10.1. The fourth-order valence-corrected chi connectivity index (χ4v) is 2.04. The van der Waals surface area contributed by atoms with Gasteiger partial charge in [-0.15, -0.1) is 0 Å². The summed E-state index contributed by atoms with van der Waals surface area (Å²) >= 11 is 6.05. The number of carbonyl (C=O) groups is 1. The summed E-state index contributed by atoms with van der Waals surface area (Å²) < 4.78 is 10.3. The molecule has 0 spiro atoms. The van der Waals surface area contributed by atoms with E-state index in [4.69, 9.17) is 26.8 Å². The topological polar surface area (TPSA) is 73.6 Å². The highest BCUT2D eigenvalue weighted by Crippen LogP contribution is 2.32. The summed E-state index contributed by atoms with van der Waals surface area (Å²) in [6, 6.07) is 9.91. The van der Waals surface area contributed by atoms with Gasteiger partial charge in [-0.3, -0.25) is 4.79 Å². The van der Waals surface area contributed by atoms with Gasteiger partial charge in [0.1, 0.15) is 11.5 Å². The number of nitrogens with one attached hydrogen (secondary N) is 1. The summed E-state index contributed by atoms with van der Waals surface area (Å²) in [7, 11) is 2.97. The maximum Gasteiger partial charge on any atom is 0.259 e. The molecule has 110 valence electrons. The molecule has 0 saturated carbocycles. The largest absolute Gasteiger partial charge is 0.496 e. The van der Waals surface area contributed by atoms with Crippen molar-refractivity contribution >= 4 is 28.9 Å². The van der Waals surface area contributed by atoms with Crippen molar-refractivity contribution < 1.29 is 14.3 Å². The summed E-state index contributed by atoms with van der Waals surface area (Å²) in [6.07, 6.45) is 0. The Morgan fingerprint density at radius 3 is 2.29 bits per heavy atom. The lowest BCUT2D eigenvalue weighted by Crippen LogP contribution is -2.13. The Morgan fingerprint density at radius 2 is 1.71 bits per heavy atom. The van der Waals surface area contributed by atoms with Crippen LogP contribution in [0.3, 0.4) is 0 Å². The van der Waals surface area contributed by atoms with Gasteiger partial charge in [-0.1, -0.05) is 11.6 Å². The highest BCUT2D eigenvalue weighted by molar-refractivity contribution is 6.32. The van der Waals surface area contributed by atoms with Gasteiger partial charge in [-0.25, -0.2) is 0 Å². The van der Waals surface area contributed by atoms with Crippen molar-refractivity contribution in [3.63, 3.8) is 0 Å². The van der Waals surface area contributed by atoms with Crippen LogP contribution in [0.15, 0.2) is 36.4 Å². The number of benzene rings is 2. The van der Waals surface area contributed by atoms with E-state index in [1.165, 1.54) is 20.3 Å². The number of nitrogens with two attached hydrogens (primary N) is 1. The molecular weight excluding hydrogens is 292 g/mol. The predicted octanol–water partition coefficient (Wildman–Crippen LogP) is 3.19. The van der Waals surface area contributed by atoms with Crippen molar-refractivity contribution in [1.29, 1.82) is 0 Å². The summed E-state index contributed by atoms with van der Waals surface area (Å²) in [5.41, 5.74) is 7.17. The molecule has 0 aliphatic heterocycles. The third-order valence-corrected chi connectivity index (χ3v) is 3.18. The van der Waals surface area contributed by atoms with Crippen LogP contribution in [0.1, 0.15) is 10.4 Å². The molecule has 0 atom stereocenters. The van der Waals surface area contributed by atoms with Gasteiger partial charge >= 0.3 is 0 Å². The molecule has 0 bridgehead atoms. The Morgan fingerprint density at radius 1 is 1.10 bits per heavy atom. The zero-order chi connectivity index (χ0) is 15.4. The number of hydrogen-bond acceptors (Lipinski definition) is 4. The van der Waals surface area contributed by atoms with E-state index in [9.17, 15) is 4.79 Å². The molecule has 0 heterocycles. The van der Waals surface area contributed by atoms with Gasteiger partial charge in [0.2, 0.25) is 0 Å². The van der Waals surface area contributed by atoms with Gasteiger partial charge < -0.3 is 20.5 Å². The number of ether oxygens (including phenoxy) is 2. The normalized spacial score (nSPS) is 10.0. The van der Waals surface area contributed by atoms with Gasteiger partial charge in [0.25, 0.3) is 5.91 Å². The molecule has 0 radical (unpaired) electrons. The van der Waals surface area contributed by atoms with E-state index in [0.717, 1.165) is 0 Å². The second-order valence-corrected chi connectivity index (χ2v) is 4.67. The number of halogens is 1. The summed E-state index contributed by atoms with van der Waals surface area (Å²) in [5, 5.41) is 3.08. The number of hydrogen-bond donors (Lipinski definition) is 2. The van der Waals surface area contributed by atoms with Gasteiger partial charge in [0, 0.05) is 17.4 Å². The van der Waals surface area contributed by atoms with Crippen LogP contribution in [0.4, 0.5) is 11.4 Å². The first-order chi connectivity index (χ1) is 10.0. The fraction of sp³-hybridized carbons (Fsp3) is 0.133. The quantitative estimate of drug-likeness (QED) is 0.851. The third kappa shape index (κ3) is 3.38. The molecule has 2 rings (SSSR count). The number of amides is 1. The first-order valence-corrected chi connectivity index (χ1v) is 6.51. The Bertz CT molecular complexity index is 657. The maximum absolute atomic E-state index is 12.3. The van der Waals surface area contributed by atoms with Crippen LogP contribution in [0.25, 0.3) is 0 Å². The molecule has 0 aromatic heterocycles. The monoisotopic (exact) mass is 306 g/mol. The van der Waals surface area contributed by atoms with Crippen LogP contribution in [0, 0.1) is 0 Å². The minimum Gasteiger partial charge on any atom is -0.496 e. The van der Waals surface area contributed by atoms with Crippen LogP contribution in [-0.4, -0.2) is 20.1 Å². The Hall–Kier alpha value is -2.40. The average molecular weight is 307 g/mol. The second-order valence-electron chi connectivity index (χ2n) is 4.26. The molecule has 0 fully saturated rings. The van der Waals surface area contributed by atoms with Gasteiger partial charge in [0.05, 0.1) is 24.8 Å². The Balaban J connectivity index is 2.30. The van der Waals surface area contributed by atoms with Crippen molar-refractivity contribution in [3.8, 4) is 11.5 Å². The highest BCUT2D eigenvalue weighted by atomic mass is 35.5. The molecule has 6 heteroatoms. The maximum atomic E-state index is 12.3. The molecule has 2 aromatic rings. The average Bonchev–Trinajstić information content (AvgIpc) is 2.49. The molecule has 21 heavy (non-hydrogen) atoms. The molecule has 0 aliphatic carbocycles. The van der Waals surface area contributed by atoms with E-state index in [1.54, 1.807) is 30.3 Å². The van der Waals surface area contributed by atoms with E-state index in [2.05, 4.69) is 5.32 Å². The first-order valence-electron chi connectivity index (χ1n) is 6.13. The van der Waals surface area contributed by atoms with E-state index in [0.29, 0.717) is 33.5 Å². The van der Waals surface area contributed by atoms with E-state index in [1.807, 2.05) is 0 Å². The SMILES string of the molecule is COc1cc(OC)c(C(=O)Nc2ccc(N)cc2)cc1Cl. The number of methoxy groups -OCH3 is 2. The number of anilines is 2. The van der Waals surface area contributed by atoms with Crippen LogP contribution in [0.5, 0.6) is 11.5 Å². The lowest BCUT2D eigenvalue weighted by Gasteiger charge is -2.12. The minimum atomic E-state index is -0.332. The lowest BCUT2D eigenvalue weighted by molar-refractivity contribution is 0.102. The Kier molecular flexibility index (Phi) is 4.55. The standard InChI is InChI=1S/C15H15ClN2O3/c1-20-13-8-14(21-2)12(16)7-11(13)15(19)18-10-5-3-9(17)4-6-10/h3-8H,17H2,1-2H3,(H,18,19). The van der Waals surface area contributed by atoms with Crippen molar-refractivity contribution in [2.75, 3.05) is 25.3 Å². The van der Waals surface area contributed by atoms with Crippen LogP contribution >= 0.6 is 11.6 Å². The van der Waals surface area contributed by atoms with Crippen molar-refractivity contribution in [2.45, 2.75) is 0 Å². The van der Waals surface area contributed by atoms with E-state index < -0.39 is 0 Å². The molecule has 1 amide bonds. The highest BCUT2D eigenvalue weighted by Gasteiger charge is 2.16. The molecular formula is C15H15ClN2O3. The van der Waals surface area contributed by atoms with Crippen LogP contribution in [-0.2, 0) is 0 Å².